The summed E-state index contributed by atoms with van der Waals surface area (Å²) in [6, 6.07) is 9.87. The fourth-order valence-corrected chi connectivity index (χ4v) is 2.73. The van der Waals surface area contributed by atoms with E-state index in [1.807, 2.05) is 0 Å². The van der Waals surface area contributed by atoms with Crippen molar-refractivity contribution >= 4 is 21.6 Å². The molecule has 8 nitrogen and oxygen atoms in total. The maximum absolute atomic E-state index is 12.0. The van der Waals surface area contributed by atoms with Crippen molar-refractivity contribution in [3.05, 3.63) is 53.9 Å². The predicted molar refractivity (Wildman–Crippen MR) is 98.5 cm³/mol. The summed E-state index contributed by atoms with van der Waals surface area (Å²) >= 11 is 0. The number of sulfonamides is 1. The first-order valence-corrected chi connectivity index (χ1v) is 9.53. The van der Waals surface area contributed by atoms with Gasteiger partial charge in [-0.1, -0.05) is 12.1 Å². The molecule has 4 N–H and O–H groups in total. The fraction of sp³-hybridized carbons (Fsp3) is 0.294. The van der Waals surface area contributed by atoms with E-state index in [1.165, 1.54) is 12.1 Å². The van der Waals surface area contributed by atoms with Gasteiger partial charge in [-0.15, -0.1) is 0 Å². The van der Waals surface area contributed by atoms with Crippen molar-refractivity contribution in [1.82, 2.24) is 10.3 Å². The molecule has 0 atom stereocenters. The molecule has 0 radical (unpaired) electrons. The molecule has 1 aromatic heterocycles. The Morgan fingerprint density at radius 2 is 1.92 bits per heavy atom. The maximum Gasteiger partial charge on any atom is 0.270 e. The second-order valence-corrected chi connectivity index (χ2v) is 7.11. The van der Waals surface area contributed by atoms with E-state index in [0.717, 1.165) is 11.3 Å². The van der Waals surface area contributed by atoms with Crippen LogP contribution in [-0.2, 0) is 21.2 Å². The van der Waals surface area contributed by atoms with E-state index in [1.54, 1.807) is 37.6 Å². The van der Waals surface area contributed by atoms with Gasteiger partial charge in [-0.2, -0.15) is 0 Å². The lowest BCUT2D eigenvalue weighted by Gasteiger charge is -2.09. The number of primary sulfonamides is 1. The van der Waals surface area contributed by atoms with E-state index < -0.39 is 10.0 Å². The number of anilines is 1. The number of nitrogens with one attached hydrogen (secondary N) is 2. The molecule has 1 aromatic carbocycles. The molecular weight excluding hydrogens is 356 g/mol. The number of carbonyl (C=O) groups is 1. The molecule has 0 aliphatic rings. The van der Waals surface area contributed by atoms with Crippen LogP contribution in [-0.4, -0.2) is 46.1 Å². The van der Waals surface area contributed by atoms with Crippen LogP contribution >= 0.6 is 0 Å². The molecule has 1 amide bonds. The van der Waals surface area contributed by atoms with Crippen LogP contribution in [0.3, 0.4) is 0 Å². The van der Waals surface area contributed by atoms with Crippen LogP contribution in [0.5, 0.6) is 0 Å². The Kier molecular flexibility index (Phi) is 7.07. The highest BCUT2D eigenvalue weighted by Gasteiger charge is 2.08. The zero-order valence-corrected chi connectivity index (χ0v) is 15.3. The third-order valence-corrected chi connectivity index (χ3v) is 4.51. The number of methoxy groups -OCH3 is 1. The number of carbonyl (C=O) groups excluding carboxylic acids is 1. The minimum absolute atomic E-state index is 0.0903. The molecule has 2 aromatic rings. The first-order chi connectivity index (χ1) is 12.4. The third kappa shape index (κ3) is 6.10. The van der Waals surface area contributed by atoms with Gasteiger partial charge in [0.05, 0.1) is 11.5 Å². The zero-order valence-electron chi connectivity index (χ0n) is 14.4. The van der Waals surface area contributed by atoms with Gasteiger partial charge in [0, 0.05) is 32.1 Å². The highest BCUT2D eigenvalue weighted by molar-refractivity contribution is 7.89. The van der Waals surface area contributed by atoms with Gasteiger partial charge >= 0.3 is 0 Å². The van der Waals surface area contributed by atoms with E-state index in [2.05, 4.69) is 15.6 Å². The van der Waals surface area contributed by atoms with E-state index >= 15 is 0 Å². The zero-order chi connectivity index (χ0) is 19.0. The van der Waals surface area contributed by atoms with Crippen molar-refractivity contribution in [3.8, 4) is 0 Å². The van der Waals surface area contributed by atoms with Crippen molar-refractivity contribution in [1.29, 1.82) is 0 Å². The van der Waals surface area contributed by atoms with Crippen LogP contribution < -0.4 is 15.8 Å². The third-order valence-electron chi connectivity index (χ3n) is 3.58. The maximum atomic E-state index is 12.0. The lowest BCUT2D eigenvalue weighted by molar-refractivity contribution is 0.0932. The van der Waals surface area contributed by atoms with Crippen molar-refractivity contribution in [3.63, 3.8) is 0 Å². The Morgan fingerprint density at radius 1 is 1.19 bits per heavy atom. The number of aromatic nitrogens is 1. The summed E-state index contributed by atoms with van der Waals surface area (Å²) < 4.78 is 27.4. The number of rotatable bonds is 9. The quantitative estimate of drug-likeness (QED) is 0.554. The smallest absolute Gasteiger partial charge is 0.270 e. The highest BCUT2D eigenvalue weighted by Crippen LogP contribution is 2.11. The monoisotopic (exact) mass is 378 g/mol. The van der Waals surface area contributed by atoms with E-state index in [-0.39, 0.29) is 10.8 Å². The number of benzene rings is 1. The fourth-order valence-electron chi connectivity index (χ4n) is 2.22. The second kappa shape index (κ2) is 9.27. The average Bonchev–Trinajstić information content (AvgIpc) is 2.62. The largest absolute Gasteiger partial charge is 0.385 e. The van der Waals surface area contributed by atoms with Crippen molar-refractivity contribution in [2.24, 2.45) is 5.14 Å². The first-order valence-electron chi connectivity index (χ1n) is 7.99. The van der Waals surface area contributed by atoms with Gasteiger partial charge in [0.15, 0.2) is 0 Å². The molecule has 0 aliphatic heterocycles. The van der Waals surface area contributed by atoms with Gasteiger partial charge < -0.3 is 15.4 Å². The summed E-state index contributed by atoms with van der Waals surface area (Å²) in [5.41, 5.74) is 2.07. The van der Waals surface area contributed by atoms with Gasteiger partial charge in [0.2, 0.25) is 10.0 Å². The van der Waals surface area contributed by atoms with Gasteiger partial charge in [-0.05, 0) is 36.2 Å². The average molecular weight is 378 g/mol. The van der Waals surface area contributed by atoms with E-state index in [0.29, 0.717) is 31.8 Å². The van der Waals surface area contributed by atoms with Crippen LogP contribution in [0.2, 0.25) is 0 Å². The van der Waals surface area contributed by atoms with Gasteiger partial charge in [-0.3, -0.25) is 9.78 Å². The minimum atomic E-state index is -3.67. The molecule has 0 aliphatic carbocycles. The van der Waals surface area contributed by atoms with Crippen LogP contribution in [0, 0.1) is 0 Å². The van der Waals surface area contributed by atoms with E-state index in [9.17, 15) is 13.2 Å². The molecule has 0 fully saturated rings. The number of amides is 1. The molecule has 1 heterocycles. The predicted octanol–water partition coefficient (Wildman–Crippen LogP) is 0.760. The lowest BCUT2D eigenvalue weighted by Crippen LogP contribution is -2.27. The molecule has 0 saturated carbocycles. The standard InChI is InChI=1S/C17H22N4O4S/c1-25-11-10-21-17(22)16-12-14(7-9-20-16)19-8-6-13-2-4-15(5-3-13)26(18,23)24/h2-5,7,9,12H,6,8,10-11H2,1H3,(H,19,20)(H,21,22)(H2,18,23,24). The molecule has 26 heavy (non-hydrogen) atoms. The SMILES string of the molecule is COCCNC(=O)c1cc(NCCc2ccc(S(N)(=O)=O)cc2)ccn1. The summed E-state index contributed by atoms with van der Waals surface area (Å²) in [7, 11) is -2.11. The minimum Gasteiger partial charge on any atom is -0.385 e. The summed E-state index contributed by atoms with van der Waals surface area (Å²) in [6.45, 7) is 1.47. The Bertz CT molecular complexity index is 838. The number of nitrogens with zero attached hydrogens (tertiary/aromatic N) is 1. The molecule has 2 rings (SSSR count). The first kappa shape index (κ1) is 19.8. The molecule has 9 heteroatoms. The molecule has 0 unspecified atom stereocenters. The Morgan fingerprint density at radius 3 is 2.58 bits per heavy atom. The molecule has 140 valence electrons. The molecule has 0 saturated heterocycles. The highest BCUT2D eigenvalue weighted by atomic mass is 32.2. The summed E-state index contributed by atoms with van der Waals surface area (Å²) in [4.78, 5) is 16.1. The van der Waals surface area contributed by atoms with Crippen molar-refractivity contribution in [2.45, 2.75) is 11.3 Å². The number of hydrogen-bond acceptors (Lipinski definition) is 6. The molecule has 0 bridgehead atoms. The Balaban J connectivity index is 1.88. The van der Waals surface area contributed by atoms with Crippen LogP contribution in [0.1, 0.15) is 16.1 Å². The molecule has 0 spiro atoms. The summed E-state index contributed by atoms with van der Waals surface area (Å²) in [5, 5.41) is 11.0. The molecular formula is C17H22N4O4S. The van der Waals surface area contributed by atoms with Crippen molar-refractivity contribution < 1.29 is 17.9 Å². The lowest BCUT2D eigenvalue weighted by atomic mass is 10.1. The number of nitrogens with two attached hydrogens (primary N) is 1. The van der Waals surface area contributed by atoms with Gasteiger partial charge in [0.1, 0.15) is 5.69 Å². The summed E-state index contributed by atoms with van der Waals surface area (Å²) in [6.07, 6.45) is 2.25. The number of pyridine rings is 1. The van der Waals surface area contributed by atoms with E-state index in [4.69, 9.17) is 9.88 Å². The Labute approximate surface area is 152 Å². The van der Waals surface area contributed by atoms with Crippen LogP contribution in [0.25, 0.3) is 0 Å². The van der Waals surface area contributed by atoms with Gasteiger partial charge in [-0.25, -0.2) is 13.6 Å². The number of ether oxygens (including phenoxy) is 1. The number of hydrogen-bond donors (Lipinski definition) is 3. The van der Waals surface area contributed by atoms with Crippen molar-refractivity contribution in [2.75, 3.05) is 32.1 Å². The van der Waals surface area contributed by atoms with Gasteiger partial charge in [0.25, 0.3) is 5.91 Å². The Hall–Kier alpha value is -2.49. The van der Waals surface area contributed by atoms with Crippen LogP contribution in [0.4, 0.5) is 5.69 Å². The summed E-state index contributed by atoms with van der Waals surface area (Å²) in [5.74, 6) is -0.260. The normalized spacial score (nSPS) is 11.2. The second-order valence-electron chi connectivity index (χ2n) is 5.54. The van der Waals surface area contributed by atoms with Crippen LogP contribution in [0.15, 0.2) is 47.5 Å². The topological polar surface area (TPSA) is 123 Å².